The topological polar surface area (TPSA) is 43.1 Å². The van der Waals surface area contributed by atoms with Gasteiger partial charge in [-0.25, -0.2) is 4.39 Å². The molecule has 0 bridgehead atoms. The SMILES string of the molecule is NCC=Cc1c(F)cccc1C=O. The van der Waals surface area contributed by atoms with Crippen molar-refractivity contribution in [3.63, 3.8) is 0 Å². The molecule has 13 heavy (non-hydrogen) atoms. The van der Waals surface area contributed by atoms with Gasteiger partial charge in [0.15, 0.2) is 6.29 Å². The summed E-state index contributed by atoms with van der Waals surface area (Å²) in [6.45, 7) is 0.326. The van der Waals surface area contributed by atoms with Gasteiger partial charge in [-0.15, -0.1) is 0 Å². The zero-order valence-electron chi connectivity index (χ0n) is 7.03. The first-order valence-electron chi connectivity index (χ1n) is 3.90. The number of carbonyl (C=O) groups is 1. The van der Waals surface area contributed by atoms with Gasteiger partial charge in [0.25, 0.3) is 0 Å². The number of hydrogen-bond acceptors (Lipinski definition) is 2. The summed E-state index contributed by atoms with van der Waals surface area (Å²) in [5.74, 6) is -0.408. The summed E-state index contributed by atoms with van der Waals surface area (Å²) >= 11 is 0. The van der Waals surface area contributed by atoms with Crippen molar-refractivity contribution in [3.8, 4) is 0 Å². The molecular formula is C10H10FNO. The van der Waals surface area contributed by atoms with Crippen molar-refractivity contribution in [2.75, 3.05) is 6.54 Å². The first-order valence-corrected chi connectivity index (χ1v) is 3.90. The molecule has 0 atom stereocenters. The highest BCUT2D eigenvalue weighted by atomic mass is 19.1. The quantitative estimate of drug-likeness (QED) is 0.716. The van der Waals surface area contributed by atoms with Gasteiger partial charge >= 0.3 is 0 Å². The van der Waals surface area contributed by atoms with Crippen molar-refractivity contribution in [2.45, 2.75) is 0 Å². The smallest absolute Gasteiger partial charge is 0.150 e. The highest BCUT2D eigenvalue weighted by Gasteiger charge is 2.02. The van der Waals surface area contributed by atoms with Gasteiger partial charge in [-0.1, -0.05) is 24.3 Å². The van der Waals surface area contributed by atoms with Crippen LogP contribution in [0.15, 0.2) is 24.3 Å². The Morgan fingerprint density at radius 3 is 2.85 bits per heavy atom. The molecule has 0 saturated heterocycles. The van der Waals surface area contributed by atoms with E-state index in [-0.39, 0.29) is 0 Å². The van der Waals surface area contributed by atoms with Gasteiger partial charge in [-0.2, -0.15) is 0 Å². The van der Waals surface area contributed by atoms with Crippen molar-refractivity contribution in [3.05, 3.63) is 41.2 Å². The van der Waals surface area contributed by atoms with Gasteiger partial charge in [0.05, 0.1) is 0 Å². The summed E-state index contributed by atoms with van der Waals surface area (Å²) in [6.07, 6.45) is 3.74. The number of benzene rings is 1. The molecule has 0 amide bonds. The molecule has 0 heterocycles. The molecule has 0 fully saturated rings. The van der Waals surface area contributed by atoms with Gasteiger partial charge in [-0.05, 0) is 6.07 Å². The van der Waals surface area contributed by atoms with E-state index >= 15 is 0 Å². The van der Waals surface area contributed by atoms with Crippen molar-refractivity contribution >= 4 is 12.4 Å². The zero-order chi connectivity index (χ0) is 9.68. The zero-order valence-corrected chi connectivity index (χ0v) is 7.03. The maximum Gasteiger partial charge on any atom is 0.150 e. The lowest BCUT2D eigenvalue weighted by Crippen LogP contribution is -1.94. The van der Waals surface area contributed by atoms with Crippen LogP contribution in [0, 0.1) is 5.82 Å². The van der Waals surface area contributed by atoms with E-state index in [1.807, 2.05) is 0 Å². The van der Waals surface area contributed by atoms with E-state index in [4.69, 9.17) is 5.73 Å². The van der Waals surface area contributed by atoms with Crippen LogP contribution in [0.3, 0.4) is 0 Å². The van der Waals surface area contributed by atoms with Crippen LogP contribution in [-0.2, 0) is 0 Å². The van der Waals surface area contributed by atoms with E-state index in [2.05, 4.69) is 0 Å². The van der Waals surface area contributed by atoms with E-state index in [0.29, 0.717) is 24.0 Å². The molecular weight excluding hydrogens is 169 g/mol. The molecule has 0 unspecified atom stereocenters. The Kier molecular flexibility index (Phi) is 3.34. The van der Waals surface area contributed by atoms with Crippen LogP contribution >= 0.6 is 0 Å². The summed E-state index contributed by atoms with van der Waals surface area (Å²) in [5, 5.41) is 0. The molecule has 0 aliphatic carbocycles. The Morgan fingerprint density at radius 1 is 1.46 bits per heavy atom. The lowest BCUT2D eigenvalue weighted by Gasteiger charge is -1.99. The van der Waals surface area contributed by atoms with Crippen LogP contribution in [0.5, 0.6) is 0 Å². The van der Waals surface area contributed by atoms with Gasteiger partial charge in [-0.3, -0.25) is 4.79 Å². The minimum atomic E-state index is -0.408. The number of halogens is 1. The first kappa shape index (κ1) is 9.61. The summed E-state index contributed by atoms with van der Waals surface area (Å²) in [7, 11) is 0. The molecule has 68 valence electrons. The van der Waals surface area contributed by atoms with Crippen LogP contribution < -0.4 is 5.73 Å². The third-order valence-corrected chi connectivity index (χ3v) is 1.63. The molecule has 2 nitrogen and oxygen atoms in total. The van der Waals surface area contributed by atoms with E-state index in [9.17, 15) is 9.18 Å². The third kappa shape index (κ3) is 2.23. The number of carbonyl (C=O) groups excluding carboxylic acids is 1. The average Bonchev–Trinajstić information content (AvgIpc) is 2.15. The van der Waals surface area contributed by atoms with Crippen molar-refractivity contribution < 1.29 is 9.18 Å². The Morgan fingerprint density at radius 2 is 2.23 bits per heavy atom. The van der Waals surface area contributed by atoms with Gasteiger partial charge in [0.1, 0.15) is 5.82 Å². The van der Waals surface area contributed by atoms with Crippen molar-refractivity contribution in [1.29, 1.82) is 0 Å². The Balaban J connectivity index is 3.14. The lowest BCUT2D eigenvalue weighted by molar-refractivity contribution is 0.112. The fourth-order valence-corrected chi connectivity index (χ4v) is 1.02. The predicted octanol–water partition coefficient (Wildman–Crippen LogP) is 1.61. The molecule has 0 spiro atoms. The summed E-state index contributed by atoms with van der Waals surface area (Å²) in [5.41, 5.74) is 5.85. The summed E-state index contributed by atoms with van der Waals surface area (Å²) in [4.78, 5) is 10.5. The van der Waals surface area contributed by atoms with E-state index in [1.54, 1.807) is 12.1 Å². The number of nitrogens with two attached hydrogens (primary N) is 1. The molecule has 0 saturated carbocycles. The van der Waals surface area contributed by atoms with Crippen LogP contribution in [-0.4, -0.2) is 12.8 Å². The van der Waals surface area contributed by atoms with Crippen molar-refractivity contribution in [2.24, 2.45) is 5.73 Å². The van der Waals surface area contributed by atoms with Crippen LogP contribution in [0.2, 0.25) is 0 Å². The van der Waals surface area contributed by atoms with E-state index in [1.165, 1.54) is 18.2 Å². The molecule has 0 radical (unpaired) electrons. The fraction of sp³-hybridized carbons (Fsp3) is 0.100. The van der Waals surface area contributed by atoms with Gasteiger partial charge in [0.2, 0.25) is 0 Å². The Hall–Kier alpha value is -1.48. The minimum absolute atomic E-state index is 0.294. The number of aldehydes is 1. The van der Waals surface area contributed by atoms with E-state index in [0.717, 1.165) is 0 Å². The lowest BCUT2D eigenvalue weighted by atomic mass is 10.1. The second-order valence-corrected chi connectivity index (χ2v) is 2.50. The summed E-state index contributed by atoms with van der Waals surface area (Å²) < 4.78 is 13.1. The standard InChI is InChI=1S/C10H10FNO/c11-10-5-1-3-8(7-13)9(10)4-2-6-12/h1-5,7H,6,12H2. The molecule has 1 rings (SSSR count). The number of rotatable bonds is 3. The molecule has 1 aromatic rings. The highest BCUT2D eigenvalue weighted by Crippen LogP contribution is 2.13. The normalized spacial score (nSPS) is 10.6. The van der Waals surface area contributed by atoms with Crippen LogP contribution in [0.1, 0.15) is 15.9 Å². The largest absolute Gasteiger partial charge is 0.327 e. The highest BCUT2D eigenvalue weighted by molar-refractivity contribution is 5.81. The molecule has 1 aromatic carbocycles. The fourth-order valence-electron chi connectivity index (χ4n) is 1.02. The predicted molar refractivity (Wildman–Crippen MR) is 49.9 cm³/mol. The molecule has 0 aliphatic rings. The average molecular weight is 179 g/mol. The Bertz CT molecular complexity index is 334. The monoisotopic (exact) mass is 179 g/mol. The van der Waals surface area contributed by atoms with Gasteiger partial charge in [0, 0.05) is 17.7 Å². The number of hydrogen-bond donors (Lipinski definition) is 1. The Labute approximate surface area is 75.9 Å². The second-order valence-electron chi connectivity index (χ2n) is 2.50. The molecule has 2 N–H and O–H groups in total. The molecule has 0 aliphatic heterocycles. The summed E-state index contributed by atoms with van der Waals surface area (Å²) in [6, 6.07) is 4.37. The van der Waals surface area contributed by atoms with Crippen molar-refractivity contribution in [1.82, 2.24) is 0 Å². The van der Waals surface area contributed by atoms with Gasteiger partial charge < -0.3 is 5.73 Å². The molecule has 0 aromatic heterocycles. The second kappa shape index (κ2) is 4.52. The van der Waals surface area contributed by atoms with E-state index < -0.39 is 5.82 Å². The minimum Gasteiger partial charge on any atom is -0.327 e. The maximum atomic E-state index is 13.1. The van der Waals surface area contributed by atoms with Crippen LogP contribution in [0.25, 0.3) is 6.08 Å². The first-order chi connectivity index (χ1) is 6.29. The van der Waals surface area contributed by atoms with Crippen LogP contribution in [0.4, 0.5) is 4.39 Å². The molecule has 3 heteroatoms. The maximum absolute atomic E-state index is 13.1. The third-order valence-electron chi connectivity index (χ3n) is 1.63.